The van der Waals surface area contributed by atoms with Crippen LogP contribution in [-0.2, 0) is 22.5 Å². The monoisotopic (exact) mass is 356 g/mol. The molecule has 0 saturated carbocycles. The Kier molecular flexibility index (Phi) is 5.85. The Bertz CT molecular complexity index is 790. The first-order valence-electron chi connectivity index (χ1n) is 8.84. The number of aromatic nitrogens is 1. The molecule has 6 heteroatoms. The molecule has 6 nitrogen and oxygen atoms in total. The summed E-state index contributed by atoms with van der Waals surface area (Å²) >= 11 is 0. The van der Waals surface area contributed by atoms with Crippen LogP contribution in [0.15, 0.2) is 59.5 Å². The fourth-order valence-corrected chi connectivity index (χ4v) is 3.30. The second-order valence-corrected chi connectivity index (χ2v) is 6.65. The van der Waals surface area contributed by atoms with Crippen LogP contribution in [0.4, 0.5) is 0 Å². The van der Waals surface area contributed by atoms with Gasteiger partial charge in [0.05, 0.1) is 19.8 Å². The first kappa shape index (κ1) is 18.4. The van der Waals surface area contributed by atoms with E-state index in [-0.39, 0.29) is 24.5 Å². The lowest BCUT2D eigenvalue weighted by molar-refractivity contribution is -0.158. The van der Waals surface area contributed by atoms with Gasteiger partial charge in [-0.1, -0.05) is 36.4 Å². The predicted octanol–water partition coefficient (Wildman–Crippen LogP) is 1.07. The Hall–Kier alpha value is -2.44. The highest BCUT2D eigenvalue weighted by Gasteiger charge is 2.38. The maximum atomic E-state index is 12.6. The van der Waals surface area contributed by atoms with E-state index in [1.807, 2.05) is 30.3 Å². The lowest BCUT2D eigenvalue weighted by Gasteiger charge is -2.42. The van der Waals surface area contributed by atoms with Gasteiger partial charge >= 0.3 is 0 Å². The SMILES string of the molecule is O=C(CCn1ccccc1=O)N1CCOC(CO)(Cc2ccccc2)C1. The molecule has 1 aliphatic rings. The van der Waals surface area contributed by atoms with Gasteiger partial charge in [0.15, 0.2) is 0 Å². The standard InChI is InChI=1S/C20H24N2O4/c23-16-20(14-17-6-2-1-3-7-17)15-22(12-13-26-20)19(25)9-11-21-10-5-4-8-18(21)24/h1-8,10,23H,9,11-16H2. The molecule has 1 aliphatic heterocycles. The van der Waals surface area contributed by atoms with E-state index in [4.69, 9.17) is 4.74 Å². The van der Waals surface area contributed by atoms with Gasteiger partial charge in [0.2, 0.25) is 5.91 Å². The zero-order valence-corrected chi connectivity index (χ0v) is 14.7. The number of aliphatic hydroxyl groups is 1. The summed E-state index contributed by atoms with van der Waals surface area (Å²) in [5.41, 5.74) is 0.168. The molecule has 1 N–H and O–H groups in total. The van der Waals surface area contributed by atoms with Crippen LogP contribution < -0.4 is 5.56 Å². The molecule has 3 rings (SSSR count). The van der Waals surface area contributed by atoms with Gasteiger partial charge in [-0.05, 0) is 11.6 Å². The number of pyridine rings is 1. The largest absolute Gasteiger partial charge is 0.393 e. The van der Waals surface area contributed by atoms with Crippen molar-refractivity contribution in [2.45, 2.75) is 25.0 Å². The quantitative estimate of drug-likeness (QED) is 0.840. The van der Waals surface area contributed by atoms with E-state index in [1.165, 1.54) is 10.6 Å². The summed E-state index contributed by atoms with van der Waals surface area (Å²) in [5, 5.41) is 9.94. The van der Waals surface area contributed by atoms with Crippen LogP contribution in [0.3, 0.4) is 0 Å². The molecule has 1 unspecified atom stereocenters. The third-order valence-corrected chi connectivity index (χ3v) is 4.72. The minimum Gasteiger partial charge on any atom is -0.393 e. The number of amides is 1. The molecule has 26 heavy (non-hydrogen) atoms. The molecule has 1 atom stereocenters. The fraction of sp³-hybridized carbons (Fsp3) is 0.400. The van der Waals surface area contributed by atoms with E-state index in [0.717, 1.165) is 5.56 Å². The number of hydrogen-bond donors (Lipinski definition) is 1. The Morgan fingerprint density at radius 1 is 1.15 bits per heavy atom. The van der Waals surface area contributed by atoms with Gasteiger partial charge in [0.1, 0.15) is 5.60 Å². The average molecular weight is 356 g/mol. The van der Waals surface area contributed by atoms with Crippen molar-refractivity contribution in [2.24, 2.45) is 0 Å². The normalized spacial score (nSPS) is 20.1. The van der Waals surface area contributed by atoms with Crippen molar-refractivity contribution in [3.63, 3.8) is 0 Å². The zero-order chi connectivity index (χ0) is 18.4. The smallest absolute Gasteiger partial charge is 0.250 e. The molecule has 0 bridgehead atoms. The molecule has 1 fully saturated rings. The Morgan fingerprint density at radius 2 is 1.92 bits per heavy atom. The molecule has 1 aromatic carbocycles. The summed E-state index contributed by atoms with van der Waals surface area (Å²) in [6, 6.07) is 14.8. The summed E-state index contributed by atoms with van der Waals surface area (Å²) in [5.74, 6) is -0.0325. The van der Waals surface area contributed by atoms with Crippen LogP contribution in [0.2, 0.25) is 0 Å². The van der Waals surface area contributed by atoms with Crippen molar-refractivity contribution >= 4 is 5.91 Å². The molecule has 1 amide bonds. The van der Waals surface area contributed by atoms with Crippen LogP contribution in [0.1, 0.15) is 12.0 Å². The first-order valence-corrected chi connectivity index (χ1v) is 8.84. The minimum atomic E-state index is -0.779. The number of aryl methyl sites for hydroxylation is 1. The molecule has 0 spiro atoms. The number of aliphatic hydroxyl groups excluding tert-OH is 1. The Balaban J connectivity index is 1.63. The third kappa shape index (κ3) is 4.39. The number of benzene rings is 1. The number of rotatable bonds is 6. The van der Waals surface area contributed by atoms with Crippen molar-refractivity contribution in [1.82, 2.24) is 9.47 Å². The number of nitrogens with zero attached hydrogens (tertiary/aromatic N) is 2. The molecule has 138 valence electrons. The lowest BCUT2D eigenvalue weighted by Crippen LogP contribution is -2.57. The maximum absolute atomic E-state index is 12.6. The van der Waals surface area contributed by atoms with Gasteiger partial charge in [0, 0.05) is 38.2 Å². The van der Waals surface area contributed by atoms with Gasteiger partial charge in [-0.25, -0.2) is 0 Å². The lowest BCUT2D eigenvalue weighted by atomic mass is 9.93. The van der Waals surface area contributed by atoms with E-state index in [0.29, 0.717) is 32.7 Å². The summed E-state index contributed by atoms with van der Waals surface area (Å²) < 4.78 is 7.41. The first-order chi connectivity index (χ1) is 12.6. The highest BCUT2D eigenvalue weighted by molar-refractivity contribution is 5.76. The number of ether oxygens (including phenoxy) is 1. The van der Waals surface area contributed by atoms with Crippen molar-refractivity contribution in [1.29, 1.82) is 0 Å². The number of carbonyl (C=O) groups excluding carboxylic acids is 1. The van der Waals surface area contributed by atoms with Crippen molar-refractivity contribution in [3.8, 4) is 0 Å². The zero-order valence-electron chi connectivity index (χ0n) is 14.7. The van der Waals surface area contributed by atoms with E-state index in [9.17, 15) is 14.7 Å². The van der Waals surface area contributed by atoms with E-state index < -0.39 is 5.60 Å². The highest BCUT2D eigenvalue weighted by Crippen LogP contribution is 2.23. The Morgan fingerprint density at radius 3 is 2.65 bits per heavy atom. The van der Waals surface area contributed by atoms with Crippen LogP contribution in [0.25, 0.3) is 0 Å². The maximum Gasteiger partial charge on any atom is 0.250 e. The second kappa shape index (κ2) is 8.29. The van der Waals surface area contributed by atoms with Gasteiger partial charge in [-0.15, -0.1) is 0 Å². The predicted molar refractivity (Wildman–Crippen MR) is 97.8 cm³/mol. The molecule has 1 saturated heterocycles. The van der Waals surface area contributed by atoms with Gasteiger partial charge < -0.3 is 19.3 Å². The van der Waals surface area contributed by atoms with Crippen molar-refractivity contribution < 1.29 is 14.6 Å². The van der Waals surface area contributed by atoms with Crippen molar-refractivity contribution in [2.75, 3.05) is 26.3 Å². The number of carbonyl (C=O) groups is 1. The summed E-state index contributed by atoms with van der Waals surface area (Å²) in [4.78, 5) is 26.1. The molecular weight excluding hydrogens is 332 g/mol. The summed E-state index contributed by atoms with van der Waals surface area (Å²) in [6.07, 6.45) is 2.48. The number of morpholine rings is 1. The minimum absolute atomic E-state index is 0.0325. The molecule has 0 aliphatic carbocycles. The Labute approximate surface area is 152 Å². The van der Waals surface area contributed by atoms with Crippen LogP contribution in [0.5, 0.6) is 0 Å². The molecule has 1 aromatic heterocycles. The summed E-state index contributed by atoms with van der Waals surface area (Å²) in [7, 11) is 0. The van der Waals surface area contributed by atoms with E-state index in [1.54, 1.807) is 23.2 Å². The van der Waals surface area contributed by atoms with Crippen LogP contribution in [0, 0.1) is 0 Å². The number of hydrogen-bond acceptors (Lipinski definition) is 4. The fourth-order valence-electron chi connectivity index (χ4n) is 3.30. The van der Waals surface area contributed by atoms with Gasteiger partial charge in [-0.3, -0.25) is 9.59 Å². The van der Waals surface area contributed by atoms with Gasteiger partial charge in [-0.2, -0.15) is 0 Å². The third-order valence-electron chi connectivity index (χ3n) is 4.72. The van der Waals surface area contributed by atoms with Crippen LogP contribution in [-0.4, -0.2) is 52.4 Å². The van der Waals surface area contributed by atoms with Gasteiger partial charge in [0.25, 0.3) is 5.56 Å². The molecule has 0 radical (unpaired) electrons. The van der Waals surface area contributed by atoms with E-state index in [2.05, 4.69) is 0 Å². The molecule has 2 aromatic rings. The average Bonchev–Trinajstić information content (AvgIpc) is 2.68. The van der Waals surface area contributed by atoms with E-state index >= 15 is 0 Å². The van der Waals surface area contributed by atoms with Crippen LogP contribution >= 0.6 is 0 Å². The highest BCUT2D eigenvalue weighted by atomic mass is 16.5. The van der Waals surface area contributed by atoms with Crippen molar-refractivity contribution in [3.05, 3.63) is 70.6 Å². The second-order valence-electron chi connectivity index (χ2n) is 6.65. The molecule has 2 heterocycles. The molecular formula is C20H24N2O4. The topological polar surface area (TPSA) is 71.8 Å². The summed E-state index contributed by atoms with van der Waals surface area (Å²) in [6.45, 7) is 1.44.